The fraction of sp³-hybridized carbons (Fsp3) is 0.619. The van der Waals surface area contributed by atoms with Crippen molar-refractivity contribution in [3.8, 4) is 0 Å². The molecule has 1 heterocycles. The van der Waals surface area contributed by atoms with E-state index in [1.807, 2.05) is 0 Å². The lowest BCUT2D eigenvalue weighted by Gasteiger charge is -2.18. The molecule has 0 fully saturated rings. The van der Waals surface area contributed by atoms with Crippen molar-refractivity contribution in [3.63, 3.8) is 0 Å². The average Bonchev–Trinajstić information content (AvgIpc) is 2.88. The second kappa shape index (κ2) is 9.84. The van der Waals surface area contributed by atoms with Gasteiger partial charge in [0, 0.05) is 12.6 Å². The Kier molecular flexibility index (Phi) is 7.73. The molecule has 1 aromatic rings. The molecule has 0 aromatic heterocycles. The summed E-state index contributed by atoms with van der Waals surface area (Å²) in [5.74, 6) is 0. The van der Waals surface area contributed by atoms with E-state index in [2.05, 4.69) is 55.3 Å². The van der Waals surface area contributed by atoms with Crippen molar-refractivity contribution >= 4 is 0 Å². The monoisotopic (exact) mass is 299 g/mol. The highest BCUT2D eigenvalue weighted by atomic mass is 15.1. The molecule has 0 spiro atoms. The number of rotatable bonds is 10. The van der Waals surface area contributed by atoms with Crippen LogP contribution in [0.5, 0.6) is 0 Å². The number of benzene rings is 1. The van der Waals surface area contributed by atoms with Gasteiger partial charge in [-0.05, 0) is 38.3 Å². The third-order valence-electron chi connectivity index (χ3n) is 4.86. The molecule has 0 saturated heterocycles. The lowest BCUT2D eigenvalue weighted by molar-refractivity contribution is 0.308. The van der Waals surface area contributed by atoms with Gasteiger partial charge in [0.1, 0.15) is 0 Å². The van der Waals surface area contributed by atoms with E-state index in [0.717, 1.165) is 0 Å². The zero-order chi connectivity index (χ0) is 15.6. The Labute approximate surface area is 137 Å². The van der Waals surface area contributed by atoms with E-state index < -0.39 is 0 Å². The summed E-state index contributed by atoms with van der Waals surface area (Å²) in [5, 5.41) is 0. The van der Waals surface area contributed by atoms with Crippen LogP contribution in [-0.4, -0.2) is 24.5 Å². The van der Waals surface area contributed by atoms with Crippen LogP contribution in [0.1, 0.15) is 63.9 Å². The highest BCUT2D eigenvalue weighted by molar-refractivity contribution is 5.18. The van der Waals surface area contributed by atoms with Crippen molar-refractivity contribution in [1.82, 2.24) is 4.90 Å². The van der Waals surface area contributed by atoms with Gasteiger partial charge in [0.25, 0.3) is 0 Å². The summed E-state index contributed by atoms with van der Waals surface area (Å²) in [5.41, 5.74) is 3.14. The molecule has 2 rings (SSSR count). The predicted octanol–water partition coefficient (Wildman–Crippen LogP) is 5.61. The Morgan fingerprint density at radius 2 is 1.73 bits per heavy atom. The lowest BCUT2D eigenvalue weighted by Crippen LogP contribution is -2.25. The van der Waals surface area contributed by atoms with E-state index in [4.69, 9.17) is 0 Å². The van der Waals surface area contributed by atoms with Crippen LogP contribution in [0.15, 0.2) is 42.0 Å². The van der Waals surface area contributed by atoms with Crippen molar-refractivity contribution in [1.29, 1.82) is 0 Å². The van der Waals surface area contributed by atoms with Gasteiger partial charge in [-0.25, -0.2) is 0 Å². The van der Waals surface area contributed by atoms with Crippen LogP contribution in [0.4, 0.5) is 0 Å². The molecule has 22 heavy (non-hydrogen) atoms. The summed E-state index contributed by atoms with van der Waals surface area (Å²) in [6, 6.07) is 11.6. The van der Waals surface area contributed by atoms with Crippen molar-refractivity contribution < 1.29 is 0 Å². The topological polar surface area (TPSA) is 3.24 Å². The molecule has 122 valence electrons. The molecule has 0 saturated carbocycles. The molecule has 1 aromatic carbocycles. The quantitative estimate of drug-likeness (QED) is 0.401. The van der Waals surface area contributed by atoms with Gasteiger partial charge < -0.3 is 0 Å². The average molecular weight is 300 g/mol. The van der Waals surface area contributed by atoms with Gasteiger partial charge in [-0.1, -0.05) is 81.0 Å². The van der Waals surface area contributed by atoms with Crippen LogP contribution in [0, 0.1) is 0 Å². The minimum atomic E-state index is 0.702. The van der Waals surface area contributed by atoms with Crippen LogP contribution < -0.4 is 0 Å². The van der Waals surface area contributed by atoms with Gasteiger partial charge in [-0.15, -0.1) is 0 Å². The summed E-state index contributed by atoms with van der Waals surface area (Å²) in [6.45, 7) is 3.48. The van der Waals surface area contributed by atoms with Crippen molar-refractivity contribution in [2.45, 2.75) is 70.8 Å². The van der Waals surface area contributed by atoms with Crippen molar-refractivity contribution in [2.24, 2.45) is 0 Å². The van der Waals surface area contributed by atoms with Crippen molar-refractivity contribution in [3.05, 3.63) is 47.5 Å². The van der Waals surface area contributed by atoms with E-state index in [-0.39, 0.29) is 0 Å². The molecular formula is C21H33N. The third-order valence-corrected chi connectivity index (χ3v) is 4.86. The molecule has 1 atom stereocenters. The molecule has 0 bridgehead atoms. The van der Waals surface area contributed by atoms with E-state index in [0.29, 0.717) is 6.04 Å². The summed E-state index contributed by atoms with van der Waals surface area (Å²) in [4.78, 5) is 2.54. The molecular weight excluding hydrogens is 266 g/mol. The van der Waals surface area contributed by atoms with E-state index in [1.165, 1.54) is 69.9 Å². The van der Waals surface area contributed by atoms with E-state index >= 15 is 0 Å². The Morgan fingerprint density at radius 1 is 0.955 bits per heavy atom. The summed E-state index contributed by atoms with van der Waals surface area (Å²) in [6.07, 6.45) is 14.6. The van der Waals surface area contributed by atoms with E-state index in [9.17, 15) is 0 Å². The maximum absolute atomic E-state index is 2.56. The largest absolute Gasteiger partial charge is 0.296 e. The van der Waals surface area contributed by atoms with Gasteiger partial charge in [-0.2, -0.15) is 0 Å². The third kappa shape index (κ3) is 5.96. The van der Waals surface area contributed by atoms with E-state index in [1.54, 1.807) is 5.57 Å². The van der Waals surface area contributed by atoms with Crippen LogP contribution in [-0.2, 0) is 6.42 Å². The smallest absolute Gasteiger partial charge is 0.0281 e. The first-order chi connectivity index (χ1) is 10.8. The van der Waals surface area contributed by atoms with Gasteiger partial charge in [0.05, 0.1) is 0 Å². The second-order valence-corrected chi connectivity index (χ2v) is 6.85. The summed E-state index contributed by atoms with van der Waals surface area (Å²) < 4.78 is 0. The van der Waals surface area contributed by atoms with Gasteiger partial charge in [0.2, 0.25) is 0 Å². The summed E-state index contributed by atoms with van der Waals surface area (Å²) in [7, 11) is 2.29. The second-order valence-electron chi connectivity index (χ2n) is 6.85. The number of aryl methyl sites for hydroxylation is 1. The zero-order valence-electron chi connectivity index (χ0n) is 14.6. The van der Waals surface area contributed by atoms with Crippen molar-refractivity contribution in [2.75, 3.05) is 13.6 Å². The Morgan fingerprint density at radius 3 is 2.50 bits per heavy atom. The molecule has 1 aliphatic rings. The normalized spacial score (nSPS) is 18.6. The Hall–Kier alpha value is -1.08. The first-order valence-corrected chi connectivity index (χ1v) is 9.23. The molecule has 0 radical (unpaired) electrons. The number of hydrogen-bond donors (Lipinski definition) is 0. The molecule has 0 amide bonds. The predicted molar refractivity (Wildman–Crippen MR) is 97.3 cm³/mol. The fourth-order valence-corrected chi connectivity index (χ4v) is 3.48. The molecule has 0 N–H and O–H groups in total. The Balaban J connectivity index is 1.65. The number of hydrogen-bond acceptors (Lipinski definition) is 1. The standard InChI is InChI=1S/C21H33N/c1-3-4-5-6-10-16-21-17-20(18-22(21)2)15-11-14-19-12-8-7-9-13-19/h7-9,12-13,17,21H,3-6,10-11,14-16,18H2,1-2H3/t21-/m0/s1. The molecule has 1 aliphatic heterocycles. The fourth-order valence-electron chi connectivity index (χ4n) is 3.48. The highest BCUT2D eigenvalue weighted by Gasteiger charge is 2.20. The number of nitrogens with zero attached hydrogens (tertiary/aromatic N) is 1. The first-order valence-electron chi connectivity index (χ1n) is 9.23. The number of unbranched alkanes of at least 4 members (excludes halogenated alkanes) is 4. The highest BCUT2D eigenvalue weighted by Crippen LogP contribution is 2.23. The summed E-state index contributed by atoms with van der Waals surface area (Å²) >= 11 is 0. The maximum atomic E-state index is 2.56. The van der Waals surface area contributed by atoms with Gasteiger partial charge in [0.15, 0.2) is 0 Å². The number of likely N-dealkylation sites (N-methyl/N-ethyl adjacent to an activating group) is 1. The molecule has 0 unspecified atom stereocenters. The first kappa shape index (κ1) is 17.3. The minimum absolute atomic E-state index is 0.702. The van der Waals surface area contributed by atoms with Gasteiger partial charge >= 0.3 is 0 Å². The van der Waals surface area contributed by atoms with Crippen LogP contribution in [0.2, 0.25) is 0 Å². The Bertz CT molecular complexity index is 434. The molecule has 1 nitrogen and oxygen atoms in total. The lowest BCUT2D eigenvalue weighted by atomic mass is 10.0. The molecule has 1 heteroatoms. The van der Waals surface area contributed by atoms with Gasteiger partial charge in [-0.3, -0.25) is 4.90 Å². The SMILES string of the molecule is CCCCCCC[C@H]1C=C(CCCc2ccccc2)CN1C. The molecule has 0 aliphatic carbocycles. The van der Waals surface area contributed by atoms with Crippen LogP contribution >= 0.6 is 0 Å². The maximum Gasteiger partial charge on any atom is 0.0281 e. The minimum Gasteiger partial charge on any atom is -0.296 e. The zero-order valence-corrected chi connectivity index (χ0v) is 14.6. The van der Waals surface area contributed by atoms with Crippen LogP contribution in [0.3, 0.4) is 0 Å². The van der Waals surface area contributed by atoms with Crippen LogP contribution in [0.25, 0.3) is 0 Å².